The number of hydrogen-bond acceptors (Lipinski definition) is 5. The Kier molecular flexibility index (Phi) is 11.1. The molecule has 0 aliphatic heterocycles. The van der Waals surface area contributed by atoms with Crippen LogP contribution < -0.4 is 10.6 Å². The van der Waals surface area contributed by atoms with E-state index in [-0.39, 0.29) is 29.8 Å². The van der Waals surface area contributed by atoms with Gasteiger partial charge in [0, 0.05) is 12.1 Å². The van der Waals surface area contributed by atoms with Crippen LogP contribution in [0.15, 0.2) is 24.3 Å². The van der Waals surface area contributed by atoms with Crippen LogP contribution in [0, 0.1) is 12.8 Å². The first-order valence-corrected chi connectivity index (χ1v) is 14.4. The van der Waals surface area contributed by atoms with Gasteiger partial charge in [-0.05, 0) is 77.4 Å². The van der Waals surface area contributed by atoms with Gasteiger partial charge in [0.1, 0.15) is 17.7 Å². The van der Waals surface area contributed by atoms with Gasteiger partial charge in [-0.25, -0.2) is 4.79 Å². The highest BCUT2D eigenvalue weighted by Gasteiger charge is 2.48. The topological polar surface area (TPSA) is 87.7 Å². The Morgan fingerprint density at radius 2 is 1.86 bits per heavy atom. The monoisotopic (exact) mass is 519 g/mol. The van der Waals surface area contributed by atoms with E-state index in [0.717, 1.165) is 30.4 Å². The van der Waals surface area contributed by atoms with Crippen molar-refractivity contribution in [3.8, 4) is 0 Å². The number of ether oxygens (including phenoxy) is 1. The van der Waals surface area contributed by atoms with Crippen LogP contribution in [-0.2, 0) is 14.3 Å². The fraction of sp³-hybridized carbons (Fsp3) is 0.679. The molecule has 1 saturated carbocycles. The third kappa shape index (κ3) is 9.02. The number of benzene rings is 1. The maximum absolute atomic E-state index is 14.2. The van der Waals surface area contributed by atoms with Crippen LogP contribution >= 0.6 is 11.8 Å². The quantitative estimate of drug-likeness (QED) is 0.395. The van der Waals surface area contributed by atoms with Crippen molar-refractivity contribution in [1.29, 1.82) is 0 Å². The molecule has 0 radical (unpaired) electrons. The molecule has 0 heterocycles. The third-order valence-corrected chi connectivity index (χ3v) is 6.92. The number of alkyl carbamates (subject to hydrolysis) is 1. The van der Waals surface area contributed by atoms with E-state index in [0.29, 0.717) is 12.2 Å². The third-order valence-electron chi connectivity index (χ3n) is 6.27. The summed E-state index contributed by atoms with van der Waals surface area (Å²) in [7, 11) is 0. The van der Waals surface area contributed by atoms with Gasteiger partial charge in [0.05, 0.1) is 0 Å². The number of nitrogens with zero attached hydrogens (tertiary/aromatic N) is 1. The molecule has 0 saturated heterocycles. The van der Waals surface area contributed by atoms with Crippen molar-refractivity contribution < 1.29 is 19.1 Å². The average molecular weight is 520 g/mol. The Hall–Kier alpha value is -2.22. The van der Waals surface area contributed by atoms with Gasteiger partial charge >= 0.3 is 6.09 Å². The van der Waals surface area contributed by atoms with Crippen LogP contribution in [0.2, 0.25) is 0 Å². The minimum atomic E-state index is -0.784. The standard InChI is InChI=1S/C28H45N3O4S/c1-9-11-20(4)29-25(32)24(21-13-10-12-18(2)16-21)31(23-17-19(23)3)26(33)22(14-15-36-8)30-27(34)35-28(5,6)7/h10,12-13,16,19-20,22-24H,9,11,14-15,17H2,1-8H3,(H,29,32)(H,30,34). The lowest BCUT2D eigenvalue weighted by atomic mass is 9.99. The fourth-order valence-electron chi connectivity index (χ4n) is 4.40. The van der Waals surface area contributed by atoms with E-state index in [2.05, 4.69) is 24.5 Å². The van der Waals surface area contributed by atoms with Crippen LogP contribution in [0.3, 0.4) is 0 Å². The van der Waals surface area contributed by atoms with Crippen LogP contribution in [0.1, 0.15) is 84.4 Å². The summed E-state index contributed by atoms with van der Waals surface area (Å²) in [6, 6.07) is 6.16. The summed E-state index contributed by atoms with van der Waals surface area (Å²) in [5.41, 5.74) is 1.12. The first kappa shape index (κ1) is 30.0. The molecular formula is C28H45N3O4S. The molecule has 8 heteroatoms. The van der Waals surface area contributed by atoms with E-state index in [1.807, 2.05) is 44.4 Å². The second-order valence-electron chi connectivity index (χ2n) is 11.0. The predicted octanol–water partition coefficient (Wildman–Crippen LogP) is 5.22. The lowest BCUT2D eigenvalue weighted by Crippen LogP contribution is -2.54. The van der Waals surface area contributed by atoms with E-state index in [4.69, 9.17) is 4.74 Å². The van der Waals surface area contributed by atoms with E-state index in [9.17, 15) is 14.4 Å². The summed E-state index contributed by atoms with van der Waals surface area (Å²) in [4.78, 5) is 42.3. The molecule has 1 aromatic carbocycles. The zero-order chi connectivity index (χ0) is 27.0. The largest absolute Gasteiger partial charge is 0.444 e. The SMILES string of the molecule is CCCC(C)NC(=O)C(c1cccc(C)c1)N(C(=O)C(CCSC)NC(=O)OC(C)(C)C)C1CC1C. The Balaban J connectivity index is 2.46. The molecule has 1 aliphatic carbocycles. The molecule has 0 spiro atoms. The molecule has 0 bridgehead atoms. The predicted molar refractivity (Wildman–Crippen MR) is 147 cm³/mol. The minimum Gasteiger partial charge on any atom is -0.444 e. The number of amides is 3. The number of carbonyl (C=O) groups is 3. The van der Waals surface area contributed by atoms with Gasteiger partial charge in [-0.3, -0.25) is 9.59 Å². The van der Waals surface area contributed by atoms with Crippen LogP contribution in [0.25, 0.3) is 0 Å². The summed E-state index contributed by atoms with van der Waals surface area (Å²) < 4.78 is 5.46. The lowest BCUT2D eigenvalue weighted by Gasteiger charge is -2.35. The maximum Gasteiger partial charge on any atom is 0.408 e. The normalized spacial score (nSPS) is 19.6. The number of nitrogens with one attached hydrogen (secondary N) is 2. The molecule has 5 atom stereocenters. The number of carbonyl (C=O) groups excluding carboxylic acids is 3. The minimum absolute atomic E-state index is 0.00411. The van der Waals surface area contributed by atoms with E-state index in [1.165, 1.54) is 0 Å². The molecule has 1 fully saturated rings. The lowest BCUT2D eigenvalue weighted by molar-refractivity contribution is -0.143. The van der Waals surface area contributed by atoms with Crippen molar-refractivity contribution in [3.63, 3.8) is 0 Å². The molecule has 2 N–H and O–H groups in total. The van der Waals surface area contributed by atoms with Gasteiger partial charge in [-0.15, -0.1) is 0 Å². The summed E-state index contributed by atoms with van der Waals surface area (Å²) in [6.07, 6.45) is 4.43. The molecule has 0 aromatic heterocycles. The van der Waals surface area contributed by atoms with Crippen molar-refractivity contribution in [3.05, 3.63) is 35.4 Å². The summed E-state index contributed by atoms with van der Waals surface area (Å²) in [5.74, 6) is 0.545. The van der Waals surface area contributed by atoms with Gasteiger partial charge in [-0.2, -0.15) is 11.8 Å². The zero-order valence-corrected chi connectivity index (χ0v) is 24.0. The number of rotatable bonds is 12. The van der Waals surface area contributed by atoms with Crippen LogP contribution in [0.5, 0.6) is 0 Å². The van der Waals surface area contributed by atoms with Crippen molar-refractivity contribution in [2.75, 3.05) is 12.0 Å². The molecule has 7 nitrogen and oxygen atoms in total. The van der Waals surface area contributed by atoms with Crippen molar-refractivity contribution in [1.82, 2.24) is 15.5 Å². The Morgan fingerprint density at radius 1 is 1.19 bits per heavy atom. The average Bonchev–Trinajstić information content (AvgIpc) is 3.48. The van der Waals surface area contributed by atoms with Crippen molar-refractivity contribution in [2.45, 2.75) is 104 Å². The molecule has 2 rings (SSSR count). The van der Waals surface area contributed by atoms with Gasteiger partial charge in [-0.1, -0.05) is 50.1 Å². The number of aryl methyl sites for hydroxylation is 1. The molecule has 36 heavy (non-hydrogen) atoms. The van der Waals surface area contributed by atoms with Crippen molar-refractivity contribution >= 4 is 29.7 Å². The smallest absolute Gasteiger partial charge is 0.408 e. The van der Waals surface area contributed by atoms with E-state index < -0.39 is 23.8 Å². The zero-order valence-electron chi connectivity index (χ0n) is 23.2. The first-order valence-electron chi connectivity index (χ1n) is 13.1. The molecule has 1 aromatic rings. The summed E-state index contributed by atoms with van der Waals surface area (Å²) in [6.45, 7) is 13.5. The molecule has 202 valence electrons. The highest BCUT2D eigenvalue weighted by Crippen LogP contribution is 2.41. The summed E-state index contributed by atoms with van der Waals surface area (Å²) in [5, 5.41) is 5.94. The maximum atomic E-state index is 14.2. The Bertz CT molecular complexity index is 901. The van der Waals surface area contributed by atoms with Gasteiger partial charge in [0.15, 0.2) is 0 Å². The Morgan fingerprint density at radius 3 is 2.39 bits per heavy atom. The van der Waals surface area contributed by atoms with Crippen LogP contribution in [-0.4, -0.2) is 58.5 Å². The van der Waals surface area contributed by atoms with Crippen LogP contribution in [0.4, 0.5) is 4.79 Å². The van der Waals surface area contributed by atoms with Crippen molar-refractivity contribution in [2.24, 2.45) is 5.92 Å². The molecule has 5 unspecified atom stereocenters. The van der Waals surface area contributed by atoms with E-state index in [1.54, 1.807) is 37.4 Å². The Labute approximate surface area is 221 Å². The van der Waals surface area contributed by atoms with Gasteiger partial charge < -0.3 is 20.3 Å². The first-order chi connectivity index (χ1) is 16.9. The molecule has 1 aliphatic rings. The number of thioether (sulfide) groups is 1. The highest BCUT2D eigenvalue weighted by molar-refractivity contribution is 7.98. The number of hydrogen-bond donors (Lipinski definition) is 2. The summed E-state index contributed by atoms with van der Waals surface area (Å²) >= 11 is 1.61. The second kappa shape index (κ2) is 13.4. The van der Waals surface area contributed by atoms with E-state index >= 15 is 0 Å². The molecule has 3 amide bonds. The van der Waals surface area contributed by atoms with Gasteiger partial charge in [0.2, 0.25) is 11.8 Å². The highest BCUT2D eigenvalue weighted by atomic mass is 32.2. The van der Waals surface area contributed by atoms with Gasteiger partial charge in [0.25, 0.3) is 0 Å². The fourth-order valence-corrected chi connectivity index (χ4v) is 4.87. The second-order valence-corrected chi connectivity index (χ2v) is 12.0. The molecular weight excluding hydrogens is 474 g/mol.